The third kappa shape index (κ3) is 4.55. The van der Waals surface area contributed by atoms with Crippen LogP contribution >= 0.6 is 0 Å². The molecule has 0 spiro atoms. The first-order valence-corrected chi connectivity index (χ1v) is 11.2. The zero-order chi connectivity index (χ0) is 21.2. The molecule has 1 fully saturated rings. The van der Waals surface area contributed by atoms with Crippen molar-refractivity contribution in [1.29, 1.82) is 0 Å². The second-order valence-electron chi connectivity index (χ2n) is 7.54. The van der Waals surface area contributed by atoms with Crippen LogP contribution in [0.25, 0.3) is 0 Å². The van der Waals surface area contributed by atoms with Crippen LogP contribution in [0.5, 0.6) is 5.75 Å². The maximum absolute atomic E-state index is 13.1. The fraction of sp³-hybridized carbons (Fsp3) is 0.500. The van der Waals surface area contributed by atoms with E-state index in [9.17, 15) is 8.42 Å². The molecule has 1 aliphatic heterocycles. The Hall–Kier alpha value is -2.55. The van der Waals surface area contributed by atoms with Crippen molar-refractivity contribution in [2.75, 3.05) is 48.8 Å². The number of aryl methyl sites for hydroxylation is 2. The van der Waals surface area contributed by atoms with Crippen molar-refractivity contribution in [2.24, 2.45) is 0 Å². The lowest BCUT2D eigenvalue weighted by Crippen LogP contribution is -2.31. The van der Waals surface area contributed by atoms with E-state index in [0.717, 1.165) is 31.5 Å². The number of ether oxygens (including phenoxy) is 1. The fourth-order valence-electron chi connectivity index (χ4n) is 3.50. The monoisotopic (exact) mass is 419 g/mol. The molecule has 1 saturated heterocycles. The number of nitrogens with one attached hydrogen (secondary N) is 1. The van der Waals surface area contributed by atoms with Gasteiger partial charge in [-0.1, -0.05) is 0 Å². The minimum absolute atomic E-state index is 0.209. The van der Waals surface area contributed by atoms with Gasteiger partial charge in [0.1, 0.15) is 11.4 Å². The number of anilines is 3. The van der Waals surface area contributed by atoms with Gasteiger partial charge in [0.25, 0.3) is 10.0 Å². The summed E-state index contributed by atoms with van der Waals surface area (Å²) in [5, 5.41) is 0. The zero-order valence-electron chi connectivity index (χ0n) is 17.7. The van der Waals surface area contributed by atoms with Gasteiger partial charge >= 0.3 is 0 Å². The van der Waals surface area contributed by atoms with E-state index in [4.69, 9.17) is 4.74 Å². The molecule has 0 bridgehead atoms. The number of hydrogen-bond donors (Lipinski definition) is 1. The van der Waals surface area contributed by atoms with E-state index in [1.54, 1.807) is 37.3 Å². The number of methoxy groups -OCH3 is 1. The molecule has 1 aromatic heterocycles. The average molecular weight is 420 g/mol. The Kier molecular flexibility index (Phi) is 6.16. The number of piperidine rings is 1. The molecule has 0 amide bonds. The number of sulfonamides is 1. The van der Waals surface area contributed by atoms with Crippen molar-refractivity contribution < 1.29 is 13.2 Å². The Labute approximate surface area is 173 Å². The molecule has 0 aliphatic carbocycles. The second kappa shape index (κ2) is 8.44. The van der Waals surface area contributed by atoms with Crippen molar-refractivity contribution in [3.05, 3.63) is 29.5 Å². The molecule has 0 unspecified atom stereocenters. The Bertz CT molecular complexity index is 986. The highest BCUT2D eigenvalue weighted by Crippen LogP contribution is 2.30. The van der Waals surface area contributed by atoms with E-state index in [1.165, 1.54) is 6.42 Å². The Balaban J connectivity index is 1.95. The van der Waals surface area contributed by atoms with Crippen molar-refractivity contribution in [2.45, 2.75) is 38.0 Å². The van der Waals surface area contributed by atoms with Crippen LogP contribution in [-0.2, 0) is 10.0 Å². The van der Waals surface area contributed by atoms with E-state index < -0.39 is 10.0 Å². The SMILES string of the molecule is COc1cc(C)c(S(=O)(=O)Nc2cnc(N3CCCCC3)nc2N(C)C)cc1C. The standard InChI is InChI=1S/C20H29N5O3S/c1-14-12-18(15(2)11-17(14)28-5)29(26,27)23-16-13-21-20(22-19(16)24(3)4)25-9-7-6-8-10-25/h11-13,23H,6-10H2,1-5H3. The minimum Gasteiger partial charge on any atom is -0.496 e. The van der Waals surface area contributed by atoms with Crippen molar-refractivity contribution >= 4 is 27.5 Å². The maximum Gasteiger partial charge on any atom is 0.262 e. The predicted molar refractivity (Wildman–Crippen MR) is 116 cm³/mol. The van der Waals surface area contributed by atoms with Gasteiger partial charge < -0.3 is 14.5 Å². The highest BCUT2D eigenvalue weighted by Gasteiger charge is 2.23. The Morgan fingerprint density at radius 2 is 1.79 bits per heavy atom. The van der Waals surface area contributed by atoms with Gasteiger partial charge in [0.15, 0.2) is 5.82 Å². The van der Waals surface area contributed by atoms with Gasteiger partial charge in [-0.2, -0.15) is 4.98 Å². The molecule has 2 heterocycles. The maximum atomic E-state index is 13.1. The Morgan fingerprint density at radius 3 is 2.41 bits per heavy atom. The summed E-state index contributed by atoms with van der Waals surface area (Å²) in [6, 6.07) is 3.35. The first-order valence-electron chi connectivity index (χ1n) is 9.70. The van der Waals surface area contributed by atoms with Gasteiger partial charge in [-0.25, -0.2) is 13.4 Å². The van der Waals surface area contributed by atoms with Crippen LogP contribution in [0.2, 0.25) is 0 Å². The third-order valence-electron chi connectivity index (χ3n) is 5.04. The molecule has 1 aliphatic rings. The molecule has 2 aromatic rings. The van der Waals surface area contributed by atoms with Crippen LogP contribution in [0.1, 0.15) is 30.4 Å². The molecule has 29 heavy (non-hydrogen) atoms. The first kappa shape index (κ1) is 21.2. The largest absolute Gasteiger partial charge is 0.496 e. The quantitative estimate of drug-likeness (QED) is 0.770. The highest BCUT2D eigenvalue weighted by atomic mass is 32.2. The van der Waals surface area contributed by atoms with Gasteiger partial charge in [0.05, 0.1) is 18.2 Å². The van der Waals surface area contributed by atoms with Crippen LogP contribution in [0, 0.1) is 13.8 Å². The second-order valence-corrected chi connectivity index (χ2v) is 9.19. The van der Waals surface area contributed by atoms with Crippen molar-refractivity contribution in [1.82, 2.24) is 9.97 Å². The molecule has 0 saturated carbocycles. The number of benzene rings is 1. The number of aromatic nitrogens is 2. The summed E-state index contributed by atoms with van der Waals surface area (Å²) < 4.78 is 34.2. The molecule has 3 rings (SSSR count). The number of hydrogen-bond acceptors (Lipinski definition) is 7. The average Bonchev–Trinajstić information content (AvgIpc) is 2.69. The Morgan fingerprint density at radius 1 is 1.10 bits per heavy atom. The summed E-state index contributed by atoms with van der Waals surface area (Å²) in [5.41, 5.74) is 1.71. The lowest BCUT2D eigenvalue weighted by molar-refractivity contribution is 0.411. The molecule has 0 atom stereocenters. The van der Waals surface area contributed by atoms with Gasteiger partial charge in [0.2, 0.25) is 5.95 Å². The normalized spacial score (nSPS) is 14.6. The van der Waals surface area contributed by atoms with Crippen LogP contribution < -0.4 is 19.3 Å². The van der Waals surface area contributed by atoms with Crippen LogP contribution in [-0.4, -0.2) is 52.7 Å². The fourth-order valence-corrected chi connectivity index (χ4v) is 4.85. The zero-order valence-corrected chi connectivity index (χ0v) is 18.5. The van der Waals surface area contributed by atoms with E-state index >= 15 is 0 Å². The van der Waals surface area contributed by atoms with Crippen LogP contribution in [0.4, 0.5) is 17.5 Å². The van der Waals surface area contributed by atoms with Gasteiger partial charge in [-0.05, 0) is 56.4 Å². The molecule has 158 valence electrons. The molecular formula is C20H29N5O3S. The number of rotatable bonds is 6. The molecule has 9 heteroatoms. The van der Waals surface area contributed by atoms with E-state index in [1.807, 2.05) is 21.0 Å². The van der Waals surface area contributed by atoms with Gasteiger partial charge in [-0.3, -0.25) is 4.72 Å². The predicted octanol–water partition coefficient (Wildman–Crippen LogP) is 2.96. The molecule has 8 nitrogen and oxygen atoms in total. The summed E-state index contributed by atoms with van der Waals surface area (Å²) in [7, 11) is 1.43. The van der Waals surface area contributed by atoms with Crippen LogP contribution in [0.3, 0.4) is 0 Å². The minimum atomic E-state index is -3.81. The summed E-state index contributed by atoms with van der Waals surface area (Å²) in [4.78, 5) is 13.2. The summed E-state index contributed by atoms with van der Waals surface area (Å²) in [5.74, 6) is 1.82. The van der Waals surface area contributed by atoms with Crippen molar-refractivity contribution in [3.8, 4) is 5.75 Å². The lowest BCUT2D eigenvalue weighted by atomic mass is 10.1. The highest BCUT2D eigenvalue weighted by molar-refractivity contribution is 7.92. The third-order valence-corrected chi connectivity index (χ3v) is 6.55. The molecular weight excluding hydrogens is 390 g/mol. The van der Waals surface area contributed by atoms with Crippen molar-refractivity contribution in [3.63, 3.8) is 0 Å². The van der Waals surface area contributed by atoms with Gasteiger partial charge in [0, 0.05) is 27.2 Å². The van der Waals surface area contributed by atoms with E-state index in [-0.39, 0.29) is 4.90 Å². The van der Waals surface area contributed by atoms with E-state index in [0.29, 0.717) is 28.8 Å². The first-order chi connectivity index (χ1) is 13.7. The van der Waals surface area contributed by atoms with E-state index in [2.05, 4.69) is 19.6 Å². The summed E-state index contributed by atoms with van der Waals surface area (Å²) >= 11 is 0. The van der Waals surface area contributed by atoms with Gasteiger partial charge in [-0.15, -0.1) is 0 Å². The lowest BCUT2D eigenvalue weighted by Gasteiger charge is -2.28. The topological polar surface area (TPSA) is 87.7 Å². The number of nitrogens with zero attached hydrogens (tertiary/aromatic N) is 4. The summed E-state index contributed by atoms with van der Waals surface area (Å²) in [6.45, 7) is 5.41. The summed E-state index contributed by atoms with van der Waals surface area (Å²) in [6.07, 6.45) is 5.00. The smallest absolute Gasteiger partial charge is 0.262 e. The molecule has 0 radical (unpaired) electrons. The van der Waals surface area contributed by atoms with Crippen LogP contribution in [0.15, 0.2) is 23.2 Å². The molecule has 1 aromatic carbocycles. The molecule has 1 N–H and O–H groups in total.